The van der Waals surface area contributed by atoms with Crippen molar-refractivity contribution in [1.29, 1.82) is 0 Å². The van der Waals surface area contributed by atoms with Crippen molar-refractivity contribution in [2.45, 2.75) is 97.2 Å². The van der Waals surface area contributed by atoms with Crippen LogP contribution >= 0.6 is 0 Å². The maximum Gasteiger partial charge on any atom is 0.338 e. The van der Waals surface area contributed by atoms with Crippen molar-refractivity contribution in [3.8, 4) is 0 Å². The average Bonchev–Trinajstić information content (AvgIpc) is 2.95. The van der Waals surface area contributed by atoms with Crippen LogP contribution in [-0.4, -0.2) is 81.8 Å². The zero-order valence-corrected chi connectivity index (χ0v) is 26.5. The number of carbonyl (C=O) groups is 6. The topological polar surface area (TPSA) is 180 Å². The van der Waals surface area contributed by atoms with Crippen LogP contribution < -0.4 is 0 Å². The molecule has 0 aromatic heterocycles. The lowest BCUT2D eigenvalue weighted by Gasteiger charge is -2.62. The number of hydrogen-bond donors (Lipinski definition) is 2. The third-order valence-corrected chi connectivity index (χ3v) is 9.87. The fourth-order valence-electron chi connectivity index (χ4n) is 7.53. The van der Waals surface area contributed by atoms with Crippen LogP contribution in [0.1, 0.15) is 78.1 Å². The van der Waals surface area contributed by atoms with E-state index in [2.05, 4.69) is 0 Å². The third kappa shape index (κ3) is 5.58. The smallest absolute Gasteiger partial charge is 0.338 e. The molecule has 7 atom stereocenters. The first kappa shape index (κ1) is 34.0. The van der Waals surface area contributed by atoms with Crippen LogP contribution in [0.4, 0.5) is 0 Å². The molecule has 0 aliphatic heterocycles. The molecule has 2 fully saturated rings. The minimum atomic E-state index is -2.26. The second-order valence-corrected chi connectivity index (χ2v) is 13.0. The molecule has 2 N–H and O–H groups in total. The standard InChI is InChI=1S/C33H40O12/c1-17-22(43-19(3)35)15-33(41)28(45-29(39)21-11-9-8-10-12-21)26-31(7,23(37)13-14-32(26,40)16-42-18(2)34)27(38)25(44-20(4)36)24(17)30(33,5)6/h8-12,22,25-26,28,40-41H,13-16H2,1-7H3/t22-,25+,26-,28-,31+,32+,33+/m0/s1. The van der Waals surface area contributed by atoms with Crippen LogP contribution in [0.5, 0.6) is 0 Å². The lowest BCUT2D eigenvalue weighted by Crippen LogP contribution is -2.75. The van der Waals surface area contributed by atoms with E-state index < -0.39 is 88.3 Å². The Morgan fingerprint density at radius 1 is 0.889 bits per heavy atom. The van der Waals surface area contributed by atoms with Gasteiger partial charge in [-0.05, 0) is 43.5 Å². The van der Waals surface area contributed by atoms with Gasteiger partial charge in [0, 0.05) is 39.0 Å². The van der Waals surface area contributed by atoms with Crippen LogP contribution in [0.3, 0.4) is 0 Å². The van der Waals surface area contributed by atoms with Crippen LogP contribution in [0, 0.1) is 16.7 Å². The molecule has 12 nitrogen and oxygen atoms in total. The summed E-state index contributed by atoms with van der Waals surface area (Å²) in [6.07, 6.45) is -5.77. The van der Waals surface area contributed by atoms with Gasteiger partial charge in [-0.1, -0.05) is 32.0 Å². The molecule has 0 heterocycles. The molecule has 0 unspecified atom stereocenters. The highest BCUT2D eigenvalue weighted by molar-refractivity contribution is 6.11. The van der Waals surface area contributed by atoms with E-state index in [1.54, 1.807) is 39.0 Å². The van der Waals surface area contributed by atoms with Gasteiger partial charge in [0.2, 0.25) is 0 Å². The van der Waals surface area contributed by atoms with E-state index in [0.29, 0.717) is 5.57 Å². The maximum atomic E-state index is 14.8. The van der Waals surface area contributed by atoms with Gasteiger partial charge in [0.1, 0.15) is 35.8 Å². The van der Waals surface area contributed by atoms with E-state index in [9.17, 15) is 39.0 Å². The Kier molecular flexibility index (Phi) is 8.91. The molecule has 3 aliphatic carbocycles. The van der Waals surface area contributed by atoms with Crippen molar-refractivity contribution >= 4 is 35.4 Å². The number of benzene rings is 1. The molecule has 1 aromatic rings. The number of carbonyl (C=O) groups excluding carboxylic acids is 6. The molecule has 3 aliphatic rings. The molecule has 45 heavy (non-hydrogen) atoms. The lowest BCUT2D eigenvalue weighted by molar-refractivity contribution is -0.246. The van der Waals surface area contributed by atoms with Crippen molar-refractivity contribution < 1.29 is 57.9 Å². The molecule has 12 heteroatoms. The van der Waals surface area contributed by atoms with E-state index in [1.807, 2.05) is 0 Å². The van der Waals surface area contributed by atoms with Crippen molar-refractivity contribution in [1.82, 2.24) is 0 Å². The minimum Gasteiger partial charge on any atom is -0.463 e. The third-order valence-electron chi connectivity index (χ3n) is 9.87. The predicted molar refractivity (Wildman–Crippen MR) is 155 cm³/mol. The number of hydrogen-bond acceptors (Lipinski definition) is 12. The molecule has 0 amide bonds. The minimum absolute atomic E-state index is 0.0741. The summed E-state index contributed by atoms with van der Waals surface area (Å²) >= 11 is 0. The molecule has 4 rings (SSSR count). The first-order chi connectivity index (χ1) is 20.8. The van der Waals surface area contributed by atoms with E-state index in [1.165, 1.54) is 19.1 Å². The number of rotatable bonds is 6. The van der Waals surface area contributed by atoms with Crippen molar-refractivity contribution in [3.05, 3.63) is 47.0 Å². The van der Waals surface area contributed by atoms with E-state index in [-0.39, 0.29) is 30.4 Å². The number of ketones is 2. The van der Waals surface area contributed by atoms with Crippen LogP contribution in [0.15, 0.2) is 41.5 Å². The number of Topliss-reactive ketones (excluding diaryl/α,β-unsaturated/α-hetero) is 2. The molecular weight excluding hydrogens is 588 g/mol. The number of esters is 4. The summed E-state index contributed by atoms with van der Waals surface area (Å²) in [4.78, 5) is 79.2. The summed E-state index contributed by atoms with van der Waals surface area (Å²) in [6, 6.07) is 7.80. The average molecular weight is 629 g/mol. The lowest BCUT2D eigenvalue weighted by atomic mass is 9.46. The number of fused-ring (bicyclic) bond motifs is 3. The predicted octanol–water partition coefficient (Wildman–Crippen LogP) is 2.42. The van der Waals surface area contributed by atoms with E-state index in [0.717, 1.165) is 20.8 Å². The Morgan fingerprint density at radius 2 is 1.49 bits per heavy atom. The largest absolute Gasteiger partial charge is 0.463 e. The van der Waals surface area contributed by atoms with Crippen LogP contribution in [-0.2, 0) is 42.9 Å². The number of ether oxygens (including phenoxy) is 4. The van der Waals surface area contributed by atoms with Crippen molar-refractivity contribution in [2.24, 2.45) is 16.7 Å². The molecular formula is C33H40O12. The van der Waals surface area contributed by atoms with Gasteiger partial charge in [0.15, 0.2) is 11.9 Å². The van der Waals surface area contributed by atoms with Gasteiger partial charge in [-0.2, -0.15) is 0 Å². The normalized spacial score (nSPS) is 34.1. The molecule has 0 spiro atoms. The zero-order valence-electron chi connectivity index (χ0n) is 26.5. The first-order valence-corrected chi connectivity index (χ1v) is 14.8. The molecule has 244 valence electrons. The second kappa shape index (κ2) is 11.8. The molecule has 0 radical (unpaired) electrons. The van der Waals surface area contributed by atoms with Gasteiger partial charge in [-0.3, -0.25) is 24.0 Å². The fourth-order valence-corrected chi connectivity index (χ4v) is 7.53. The van der Waals surface area contributed by atoms with Crippen LogP contribution in [0.2, 0.25) is 0 Å². The summed E-state index contributed by atoms with van der Waals surface area (Å²) in [7, 11) is 0. The van der Waals surface area contributed by atoms with Crippen LogP contribution in [0.25, 0.3) is 0 Å². The van der Waals surface area contributed by atoms with Gasteiger partial charge in [-0.25, -0.2) is 4.79 Å². The molecule has 2 bridgehead atoms. The summed E-state index contributed by atoms with van der Waals surface area (Å²) in [5.74, 6) is -6.57. The van der Waals surface area contributed by atoms with Gasteiger partial charge < -0.3 is 29.2 Å². The van der Waals surface area contributed by atoms with Gasteiger partial charge in [0.25, 0.3) is 0 Å². The maximum absolute atomic E-state index is 14.8. The van der Waals surface area contributed by atoms with Gasteiger partial charge in [-0.15, -0.1) is 0 Å². The van der Waals surface area contributed by atoms with Crippen molar-refractivity contribution in [2.75, 3.05) is 6.61 Å². The molecule has 0 saturated heterocycles. The summed E-state index contributed by atoms with van der Waals surface area (Å²) in [6.45, 7) is 8.60. The Bertz CT molecular complexity index is 1460. The highest BCUT2D eigenvalue weighted by Gasteiger charge is 2.73. The van der Waals surface area contributed by atoms with E-state index >= 15 is 0 Å². The first-order valence-electron chi connectivity index (χ1n) is 14.8. The highest BCUT2D eigenvalue weighted by Crippen LogP contribution is 2.61. The second-order valence-electron chi connectivity index (χ2n) is 13.0. The van der Waals surface area contributed by atoms with Crippen molar-refractivity contribution in [3.63, 3.8) is 0 Å². The highest BCUT2D eigenvalue weighted by atomic mass is 16.6. The monoisotopic (exact) mass is 628 g/mol. The number of aliphatic hydroxyl groups is 2. The molecule has 1 aromatic carbocycles. The fraction of sp³-hybridized carbons (Fsp3) is 0.576. The molecule has 2 saturated carbocycles. The Labute approximate surface area is 261 Å². The van der Waals surface area contributed by atoms with E-state index in [4.69, 9.17) is 18.9 Å². The summed E-state index contributed by atoms with van der Waals surface area (Å²) in [5.41, 5.74) is -7.77. The SMILES string of the molecule is CC(=O)OC[C@]1(O)CCC(=O)[C@@]2(C)C(=O)[C@H](OC(C)=O)C3=C(C)[C@@H](OC(C)=O)C[C@@](O)([C@@H](OC(=O)c4ccccc4)[C@H]12)C3(C)C. The van der Waals surface area contributed by atoms with Gasteiger partial charge >= 0.3 is 23.9 Å². The Balaban J connectivity index is 2.11. The quantitative estimate of drug-likeness (QED) is 0.204. The Morgan fingerprint density at radius 3 is 2.04 bits per heavy atom. The Hall–Kier alpha value is -3.90. The summed E-state index contributed by atoms with van der Waals surface area (Å²) < 4.78 is 22.5. The zero-order chi connectivity index (χ0) is 33.7. The van der Waals surface area contributed by atoms with Gasteiger partial charge in [0.05, 0.1) is 16.9 Å². The summed E-state index contributed by atoms with van der Waals surface area (Å²) in [5, 5.41) is 25.3.